The molecule has 0 atom stereocenters. The SMILES string of the molecule is Cc1ccccc1-n1cnnc1SCc1nc2ccccc2s1. The average Bonchev–Trinajstić information content (AvgIpc) is 3.19. The number of para-hydroxylation sites is 2. The minimum atomic E-state index is 0.796. The van der Waals surface area contributed by atoms with Crippen LogP contribution in [0.2, 0.25) is 0 Å². The largest absolute Gasteiger partial charge is 0.276 e. The first-order chi connectivity index (χ1) is 11.3. The van der Waals surface area contributed by atoms with Gasteiger partial charge in [-0.2, -0.15) is 0 Å². The molecule has 2 aromatic heterocycles. The molecule has 0 amide bonds. The van der Waals surface area contributed by atoms with Gasteiger partial charge in [-0.1, -0.05) is 42.1 Å². The number of aromatic nitrogens is 4. The third kappa shape index (κ3) is 2.87. The van der Waals surface area contributed by atoms with E-state index in [1.165, 1.54) is 10.3 Å². The highest BCUT2D eigenvalue weighted by Gasteiger charge is 2.11. The quantitative estimate of drug-likeness (QED) is 0.515. The van der Waals surface area contributed by atoms with Gasteiger partial charge in [0.1, 0.15) is 11.3 Å². The van der Waals surface area contributed by atoms with E-state index < -0.39 is 0 Å². The van der Waals surface area contributed by atoms with Crippen LogP contribution in [-0.2, 0) is 5.75 Å². The molecule has 6 heteroatoms. The molecule has 0 saturated heterocycles. The van der Waals surface area contributed by atoms with E-state index in [1.807, 2.05) is 28.8 Å². The number of hydrogen-bond acceptors (Lipinski definition) is 5. The fourth-order valence-electron chi connectivity index (χ4n) is 2.43. The van der Waals surface area contributed by atoms with E-state index in [0.29, 0.717) is 0 Å². The predicted octanol–water partition coefficient (Wildman–Crippen LogP) is 4.48. The molecule has 114 valence electrons. The molecule has 0 unspecified atom stereocenters. The summed E-state index contributed by atoms with van der Waals surface area (Å²) in [5, 5.41) is 10.3. The third-order valence-corrected chi connectivity index (χ3v) is 5.73. The second-order valence-electron chi connectivity index (χ2n) is 5.13. The van der Waals surface area contributed by atoms with Gasteiger partial charge in [-0.15, -0.1) is 21.5 Å². The van der Waals surface area contributed by atoms with Crippen molar-refractivity contribution in [1.29, 1.82) is 0 Å². The summed E-state index contributed by atoms with van der Waals surface area (Å²) in [5.41, 5.74) is 3.38. The highest BCUT2D eigenvalue weighted by Crippen LogP contribution is 2.29. The molecule has 0 N–H and O–H groups in total. The topological polar surface area (TPSA) is 43.6 Å². The predicted molar refractivity (Wildman–Crippen MR) is 95.3 cm³/mol. The maximum atomic E-state index is 4.67. The zero-order chi connectivity index (χ0) is 15.6. The summed E-state index contributed by atoms with van der Waals surface area (Å²) < 4.78 is 3.26. The van der Waals surface area contributed by atoms with Gasteiger partial charge < -0.3 is 0 Å². The van der Waals surface area contributed by atoms with E-state index in [-0.39, 0.29) is 0 Å². The van der Waals surface area contributed by atoms with E-state index in [1.54, 1.807) is 29.4 Å². The number of fused-ring (bicyclic) bond motifs is 1. The lowest BCUT2D eigenvalue weighted by molar-refractivity contribution is 0.878. The molecular weight excluding hydrogens is 324 g/mol. The molecule has 4 nitrogen and oxygen atoms in total. The number of aryl methyl sites for hydroxylation is 1. The zero-order valence-electron chi connectivity index (χ0n) is 12.5. The molecule has 4 rings (SSSR count). The molecule has 0 aliphatic rings. The van der Waals surface area contributed by atoms with Crippen molar-refractivity contribution in [3.63, 3.8) is 0 Å². The van der Waals surface area contributed by atoms with Crippen molar-refractivity contribution in [2.24, 2.45) is 0 Å². The Morgan fingerprint density at radius 2 is 1.91 bits per heavy atom. The second-order valence-corrected chi connectivity index (χ2v) is 7.19. The third-order valence-electron chi connectivity index (χ3n) is 3.55. The van der Waals surface area contributed by atoms with Crippen LogP contribution in [0.1, 0.15) is 10.6 Å². The minimum absolute atomic E-state index is 0.796. The molecule has 0 aliphatic heterocycles. The van der Waals surface area contributed by atoms with Crippen molar-refractivity contribution in [2.75, 3.05) is 0 Å². The molecule has 0 radical (unpaired) electrons. The van der Waals surface area contributed by atoms with Crippen LogP contribution >= 0.6 is 23.1 Å². The standard InChI is InChI=1S/C17H14N4S2/c1-12-6-2-4-8-14(12)21-11-18-20-17(21)22-10-16-19-13-7-3-5-9-15(13)23-16/h2-9,11H,10H2,1H3. The first-order valence-corrected chi connectivity index (χ1v) is 9.05. The van der Waals surface area contributed by atoms with Crippen molar-refractivity contribution in [3.8, 4) is 5.69 Å². The fraction of sp³-hybridized carbons (Fsp3) is 0.118. The van der Waals surface area contributed by atoms with Crippen molar-refractivity contribution in [1.82, 2.24) is 19.7 Å². The maximum Gasteiger partial charge on any atom is 0.196 e. The minimum Gasteiger partial charge on any atom is -0.276 e. The van der Waals surface area contributed by atoms with Gasteiger partial charge in [0.25, 0.3) is 0 Å². The van der Waals surface area contributed by atoms with Crippen molar-refractivity contribution in [2.45, 2.75) is 17.8 Å². The normalized spacial score (nSPS) is 11.2. The molecule has 2 heterocycles. The van der Waals surface area contributed by atoms with E-state index >= 15 is 0 Å². The maximum absolute atomic E-state index is 4.67. The molecule has 0 aliphatic carbocycles. The summed E-state index contributed by atoms with van der Waals surface area (Å²) >= 11 is 3.40. The van der Waals surface area contributed by atoms with Crippen LogP contribution in [0.3, 0.4) is 0 Å². The van der Waals surface area contributed by atoms with Gasteiger partial charge in [0.2, 0.25) is 0 Å². The van der Waals surface area contributed by atoms with Gasteiger partial charge in [0, 0.05) is 0 Å². The Bertz CT molecular complexity index is 925. The molecule has 23 heavy (non-hydrogen) atoms. The average molecular weight is 338 g/mol. The van der Waals surface area contributed by atoms with Gasteiger partial charge in [0.05, 0.1) is 21.7 Å². The molecule has 0 saturated carbocycles. The summed E-state index contributed by atoms with van der Waals surface area (Å²) in [5.74, 6) is 0.796. The molecular formula is C17H14N4S2. The Morgan fingerprint density at radius 1 is 1.09 bits per heavy atom. The molecule has 0 spiro atoms. The fourth-order valence-corrected chi connectivity index (χ4v) is 4.31. The monoisotopic (exact) mass is 338 g/mol. The van der Waals surface area contributed by atoms with Crippen LogP contribution in [0, 0.1) is 6.92 Å². The second kappa shape index (κ2) is 6.14. The molecule has 4 aromatic rings. The van der Waals surface area contributed by atoms with Gasteiger partial charge in [-0.25, -0.2) is 4.98 Å². The lowest BCUT2D eigenvalue weighted by Crippen LogP contribution is -1.97. The first-order valence-electron chi connectivity index (χ1n) is 7.24. The number of thioether (sulfide) groups is 1. The van der Waals surface area contributed by atoms with Gasteiger partial charge in [-0.05, 0) is 30.7 Å². The van der Waals surface area contributed by atoms with E-state index in [4.69, 9.17) is 0 Å². The Kier molecular flexibility index (Phi) is 3.85. The number of thiazole rings is 1. The number of rotatable bonds is 4. The van der Waals surface area contributed by atoms with Gasteiger partial charge >= 0.3 is 0 Å². The summed E-state index contributed by atoms with van der Waals surface area (Å²) in [6, 6.07) is 16.5. The molecule has 0 fully saturated rings. The van der Waals surface area contributed by atoms with Crippen LogP contribution in [0.4, 0.5) is 0 Å². The highest BCUT2D eigenvalue weighted by molar-refractivity contribution is 7.98. The molecule has 0 bridgehead atoms. The van der Waals surface area contributed by atoms with Crippen LogP contribution in [0.5, 0.6) is 0 Å². The lowest BCUT2D eigenvalue weighted by atomic mass is 10.2. The highest BCUT2D eigenvalue weighted by atomic mass is 32.2. The van der Waals surface area contributed by atoms with Crippen LogP contribution in [0.15, 0.2) is 60.0 Å². The van der Waals surface area contributed by atoms with Gasteiger partial charge in [0.15, 0.2) is 5.16 Å². The van der Waals surface area contributed by atoms with Gasteiger partial charge in [-0.3, -0.25) is 4.57 Å². The summed E-state index contributed by atoms with van der Waals surface area (Å²) in [6.07, 6.45) is 1.77. The Morgan fingerprint density at radius 3 is 2.78 bits per heavy atom. The number of benzene rings is 2. The van der Waals surface area contributed by atoms with E-state index in [9.17, 15) is 0 Å². The first kappa shape index (κ1) is 14.4. The van der Waals surface area contributed by atoms with Crippen molar-refractivity contribution < 1.29 is 0 Å². The lowest BCUT2D eigenvalue weighted by Gasteiger charge is -2.08. The summed E-state index contributed by atoms with van der Waals surface area (Å²) in [6.45, 7) is 2.09. The number of nitrogens with zero attached hydrogens (tertiary/aromatic N) is 4. The smallest absolute Gasteiger partial charge is 0.196 e. The van der Waals surface area contributed by atoms with Crippen LogP contribution in [-0.4, -0.2) is 19.7 Å². The van der Waals surface area contributed by atoms with Crippen molar-refractivity contribution in [3.05, 3.63) is 65.4 Å². The summed E-state index contributed by atoms with van der Waals surface area (Å²) in [4.78, 5) is 4.67. The summed E-state index contributed by atoms with van der Waals surface area (Å²) in [7, 11) is 0. The van der Waals surface area contributed by atoms with E-state index in [2.05, 4.69) is 46.4 Å². The Balaban J connectivity index is 1.58. The zero-order valence-corrected chi connectivity index (χ0v) is 14.1. The van der Waals surface area contributed by atoms with Crippen LogP contribution < -0.4 is 0 Å². The van der Waals surface area contributed by atoms with Crippen LogP contribution in [0.25, 0.3) is 15.9 Å². The number of hydrogen-bond donors (Lipinski definition) is 0. The molecule has 2 aromatic carbocycles. The van der Waals surface area contributed by atoms with Crippen molar-refractivity contribution >= 4 is 33.3 Å². The Hall–Kier alpha value is -2.18. The van der Waals surface area contributed by atoms with E-state index in [0.717, 1.165) is 27.1 Å². The Labute approximate surface area is 142 Å².